The van der Waals surface area contributed by atoms with E-state index >= 15 is 0 Å². The summed E-state index contributed by atoms with van der Waals surface area (Å²) in [5.74, 6) is 1.30. The second-order valence-electron chi connectivity index (χ2n) is 3.76. The monoisotopic (exact) mass is 309 g/mol. The van der Waals surface area contributed by atoms with Crippen LogP contribution in [-0.2, 0) is 0 Å². The van der Waals surface area contributed by atoms with E-state index in [0.717, 1.165) is 18.7 Å². The average Bonchev–Trinajstić information content (AvgIpc) is 2.37. The van der Waals surface area contributed by atoms with Gasteiger partial charge in [0.2, 0.25) is 0 Å². The van der Waals surface area contributed by atoms with Gasteiger partial charge >= 0.3 is 0 Å². The van der Waals surface area contributed by atoms with Crippen LogP contribution in [0, 0.1) is 0 Å². The van der Waals surface area contributed by atoms with Crippen LogP contribution >= 0.6 is 35.6 Å². The lowest BCUT2D eigenvalue weighted by Crippen LogP contribution is -2.30. The number of hydrogen-bond donors (Lipinski definition) is 0. The van der Waals surface area contributed by atoms with Crippen molar-refractivity contribution in [1.82, 2.24) is 4.90 Å². The van der Waals surface area contributed by atoms with E-state index in [9.17, 15) is 4.79 Å². The zero-order valence-corrected chi connectivity index (χ0v) is 12.5. The standard InChI is InChI=1S/C13H17Cl2NO.ClH/c14-7-10-16(11-8-15)9-6-13(17)12-4-2-1-3-5-12;/h1-5H,6-11H2;1H. The highest BCUT2D eigenvalue weighted by molar-refractivity contribution is 6.18. The minimum atomic E-state index is 0. The molecule has 0 amide bonds. The molecule has 0 aliphatic rings. The summed E-state index contributed by atoms with van der Waals surface area (Å²) < 4.78 is 0. The van der Waals surface area contributed by atoms with Crippen molar-refractivity contribution in [2.45, 2.75) is 6.42 Å². The van der Waals surface area contributed by atoms with Crippen molar-refractivity contribution in [1.29, 1.82) is 0 Å². The molecule has 0 radical (unpaired) electrons. The van der Waals surface area contributed by atoms with Crippen LogP contribution in [0.4, 0.5) is 0 Å². The van der Waals surface area contributed by atoms with Crippen molar-refractivity contribution in [2.75, 3.05) is 31.4 Å². The molecule has 0 saturated carbocycles. The van der Waals surface area contributed by atoms with Gasteiger partial charge in [0.25, 0.3) is 0 Å². The number of carbonyl (C=O) groups excluding carboxylic acids is 1. The van der Waals surface area contributed by atoms with Crippen LogP contribution in [0.5, 0.6) is 0 Å². The van der Waals surface area contributed by atoms with Gasteiger partial charge in [0.05, 0.1) is 0 Å². The summed E-state index contributed by atoms with van der Waals surface area (Å²) in [5.41, 5.74) is 0.768. The van der Waals surface area contributed by atoms with Crippen molar-refractivity contribution in [2.24, 2.45) is 0 Å². The predicted octanol–water partition coefficient (Wildman–Crippen LogP) is 3.46. The van der Waals surface area contributed by atoms with Crippen LogP contribution in [0.3, 0.4) is 0 Å². The number of benzene rings is 1. The van der Waals surface area contributed by atoms with Gasteiger partial charge in [-0.25, -0.2) is 0 Å². The van der Waals surface area contributed by atoms with E-state index in [0.29, 0.717) is 24.7 Å². The molecule has 0 fully saturated rings. The van der Waals surface area contributed by atoms with Crippen LogP contribution in [-0.4, -0.2) is 42.1 Å². The molecular weight excluding hydrogens is 293 g/mol. The first-order valence-corrected chi connectivity index (χ1v) is 6.77. The van der Waals surface area contributed by atoms with E-state index in [1.165, 1.54) is 0 Å². The van der Waals surface area contributed by atoms with Gasteiger partial charge in [0, 0.05) is 43.4 Å². The Morgan fingerprint density at radius 3 is 2.06 bits per heavy atom. The maximum atomic E-state index is 11.9. The van der Waals surface area contributed by atoms with E-state index < -0.39 is 0 Å². The van der Waals surface area contributed by atoms with Crippen molar-refractivity contribution in [3.8, 4) is 0 Å². The van der Waals surface area contributed by atoms with E-state index in [2.05, 4.69) is 4.90 Å². The largest absolute Gasteiger partial charge is 0.301 e. The van der Waals surface area contributed by atoms with E-state index in [1.54, 1.807) is 0 Å². The second kappa shape index (κ2) is 10.6. The fourth-order valence-electron chi connectivity index (χ4n) is 1.60. The summed E-state index contributed by atoms with van der Waals surface area (Å²) in [6.45, 7) is 2.26. The zero-order valence-electron chi connectivity index (χ0n) is 10.1. The SMILES string of the molecule is Cl.O=C(CCN(CCCl)CCCl)c1ccccc1. The predicted molar refractivity (Wildman–Crippen MR) is 80.5 cm³/mol. The number of carbonyl (C=O) groups is 1. The Morgan fingerprint density at radius 2 is 1.56 bits per heavy atom. The van der Waals surface area contributed by atoms with Gasteiger partial charge in [0.1, 0.15) is 0 Å². The molecule has 1 aromatic rings. The van der Waals surface area contributed by atoms with Crippen LogP contribution in [0.2, 0.25) is 0 Å². The Labute approximate surface area is 125 Å². The van der Waals surface area contributed by atoms with Gasteiger partial charge in [0.15, 0.2) is 5.78 Å². The number of rotatable bonds is 8. The highest BCUT2D eigenvalue weighted by Crippen LogP contribution is 2.04. The van der Waals surface area contributed by atoms with Crippen LogP contribution < -0.4 is 0 Å². The van der Waals surface area contributed by atoms with Gasteiger partial charge < -0.3 is 4.90 Å². The summed E-state index contributed by atoms with van der Waals surface area (Å²) >= 11 is 11.4. The van der Waals surface area contributed by atoms with Gasteiger partial charge in [-0.1, -0.05) is 30.3 Å². The van der Waals surface area contributed by atoms with Crippen LogP contribution in [0.1, 0.15) is 16.8 Å². The number of hydrogen-bond acceptors (Lipinski definition) is 2. The third kappa shape index (κ3) is 6.60. The molecule has 0 heterocycles. The highest BCUT2D eigenvalue weighted by Gasteiger charge is 2.08. The number of halogens is 3. The molecule has 0 N–H and O–H groups in total. The number of nitrogens with zero attached hydrogens (tertiary/aromatic N) is 1. The van der Waals surface area contributed by atoms with E-state index in [-0.39, 0.29) is 18.2 Å². The lowest BCUT2D eigenvalue weighted by atomic mass is 10.1. The third-order valence-electron chi connectivity index (χ3n) is 2.55. The van der Waals surface area contributed by atoms with Crippen LogP contribution in [0.25, 0.3) is 0 Å². The minimum Gasteiger partial charge on any atom is -0.301 e. The molecule has 1 rings (SSSR count). The Hall–Kier alpha value is -0.280. The number of ketones is 1. The van der Waals surface area contributed by atoms with E-state index in [1.807, 2.05) is 30.3 Å². The van der Waals surface area contributed by atoms with Gasteiger partial charge in [-0.2, -0.15) is 0 Å². The normalized spacial score (nSPS) is 10.2. The van der Waals surface area contributed by atoms with Crippen molar-refractivity contribution in [3.05, 3.63) is 35.9 Å². The zero-order chi connectivity index (χ0) is 12.5. The molecule has 102 valence electrons. The molecule has 5 heteroatoms. The smallest absolute Gasteiger partial charge is 0.164 e. The van der Waals surface area contributed by atoms with Gasteiger partial charge in [-0.15, -0.1) is 35.6 Å². The molecule has 0 bridgehead atoms. The molecule has 1 aromatic carbocycles. The van der Waals surface area contributed by atoms with E-state index in [4.69, 9.17) is 23.2 Å². The summed E-state index contributed by atoms with van der Waals surface area (Å²) in [4.78, 5) is 14.0. The fourth-order valence-corrected chi connectivity index (χ4v) is 2.08. The van der Waals surface area contributed by atoms with Crippen LogP contribution in [0.15, 0.2) is 30.3 Å². The summed E-state index contributed by atoms with van der Waals surface area (Å²) in [5, 5.41) is 0. The summed E-state index contributed by atoms with van der Waals surface area (Å²) in [7, 11) is 0. The number of alkyl halides is 2. The topological polar surface area (TPSA) is 20.3 Å². The maximum Gasteiger partial charge on any atom is 0.164 e. The lowest BCUT2D eigenvalue weighted by molar-refractivity contribution is 0.0966. The Balaban J connectivity index is 0.00000289. The molecule has 0 aromatic heterocycles. The quantitative estimate of drug-likeness (QED) is 0.541. The first-order valence-electron chi connectivity index (χ1n) is 5.70. The molecule has 0 atom stereocenters. The molecule has 2 nitrogen and oxygen atoms in total. The van der Waals surface area contributed by atoms with Crippen molar-refractivity contribution in [3.63, 3.8) is 0 Å². The first-order chi connectivity index (χ1) is 8.27. The van der Waals surface area contributed by atoms with Gasteiger partial charge in [-0.3, -0.25) is 4.79 Å². The maximum absolute atomic E-state index is 11.9. The first kappa shape index (κ1) is 17.7. The molecule has 18 heavy (non-hydrogen) atoms. The molecule has 0 unspecified atom stereocenters. The molecular formula is C13H18Cl3NO. The molecule has 0 aliphatic carbocycles. The Morgan fingerprint density at radius 1 is 1.00 bits per heavy atom. The molecule has 0 aliphatic heterocycles. The Bertz CT molecular complexity index is 326. The summed E-state index contributed by atoms with van der Waals surface area (Å²) in [6.07, 6.45) is 0.512. The minimum absolute atomic E-state index is 0. The molecule has 0 saturated heterocycles. The molecule has 0 spiro atoms. The van der Waals surface area contributed by atoms with Gasteiger partial charge in [-0.05, 0) is 0 Å². The van der Waals surface area contributed by atoms with Crippen molar-refractivity contribution >= 4 is 41.4 Å². The Kier molecular flexibility index (Phi) is 10.5. The number of Topliss-reactive ketones (excluding diaryl/α,β-unsaturated/α-hetero) is 1. The summed E-state index contributed by atoms with van der Waals surface area (Å²) in [6, 6.07) is 9.35. The highest BCUT2D eigenvalue weighted by atomic mass is 35.5. The fraction of sp³-hybridized carbons (Fsp3) is 0.462. The average molecular weight is 311 g/mol. The van der Waals surface area contributed by atoms with Crippen molar-refractivity contribution < 1.29 is 4.79 Å². The third-order valence-corrected chi connectivity index (χ3v) is 2.89. The lowest BCUT2D eigenvalue weighted by Gasteiger charge is -2.19. The second-order valence-corrected chi connectivity index (χ2v) is 4.51.